The van der Waals surface area contributed by atoms with E-state index in [1.165, 1.54) is 30.3 Å². The molecule has 1 atom stereocenters. The third-order valence-electron chi connectivity index (χ3n) is 2.87. The Morgan fingerprint density at radius 3 is 2.36 bits per heavy atom. The summed E-state index contributed by atoms with van der Waals surface area (Å²) >= 11 is 0. The number of nitrogens with two attached hydrogens (primary N) is 1. The largest absolute Gasteiger partial charge is 0.492 e. The van der Waals surface area contributed by atoms with Crippen LogP contribution in [0.4, 0.5) is 17.6 Å². The molecule has 2 nitrogen and oxygen atoms in total. The molecule has 0 aliphatic heterocycles. The van der Waals surface area contributed by atoms with Crippen molar-refractivity contribution >= 4 is 12.4 Å². The summed E-state index contributed by atoms with van der Waals surface area (Å²) < 4.78 is 56.1. The third kappa shape index (κ3) is 4.89. The van der Waals surface area contributed by atoms with E-state index in [0.29, 0.717) is 5.56 Å². The minimum atomic E-state index is -4.42. The van der Waals surface area contributed by atoms with Crippen LogP contribution in [0.5, 0.6) is 5.75 Å². The number of ether oxygens (including phenoxy) is 1. The molecule has 2 N–H and O–H groups in total. The van der Waals surface area contributed by atoms with E-state index in [-0.39, 0.29) is 24.8 Å². The average molecular weight is 336 g/mol. The Balaban J connectivity index is 0.00000242. The summed E-state index contributed by atoms with van der Waals surface area (Å²) in [4.78, 5) is 0. The minimum absolute atomic E-state index is 0. The summed E-state index contributed by atoms with van der Waals surface area (Å²) in [6.07, 6.45) is -4.42. The number of benzene rings is 2. The van der Waals surface area contributed by atoms with E-state index in [1.807, 2.05) is 0 Å². The van der Waals surface area contributed by atoms with Crippen LogP contribution in [0.25, 0.3) is 0 Å². The molecule has 0 saturated heterocycles. The second kappa shape index (κ2) is 7.47. The van der Waals surface area contributed by atoms with Gasteiger partial charge in [-0.25, -0.2) is 4.39 Å². The standard InChI is InChI=1S/C15H13F4NO.ClH/c16-12-5-2-6-13(8-12)21-9-14(20)10-3-1-4-11(7-10)15(17,18)19;/h1-8,14H,9,20H2;1H. The fourth-order valence-corrected chi connectivity index (χ4v) is 1.78. The summed E-state index contributed by atoms with van der Waals surface area (Å²) in [6, 6.07) is 9.47. The van der Waals surface area contributed by atoms with Gasteiger partial charge in [0.1, 0.15) is 18.2 Å². The van der Waals surface area contributed by atoms with E-state index in [4.69, 9.17) is 10.5 Å². The van der Waals surface area contributed by atoms with Crippen molar-refractivity contribution in [3.8, 4) is 5.75 Å². The van der Waals surface area contributed by atoms with Gasteiger partial charge in [0.05, 0.1) is 11.6 Å². The van der Waals surface area contributed by atoms with E-state index in [0.717, 1.165) is 12.1 Å². The van der Waals surface area contributed by atoms with Crippen molar-refractivity contribution in [2.45, 2.75) is 12.2 Å². The lowest BCUT2D eigenvalue weighted by molar-refractivity contribution is -0.137. The van der Waals surface area contributed by atoms with Crippen LogP contribution in [-0.2, 0) is 6.18 Å². The molecule has 0 heterocycles. The maximum Gasteiger partial charge on any atom is 0.416 e. The topological polar surface area (TPSA) is 35.2 Å². The molecule has 0 bridgehead atoms. The van der Waals surface area contributed by atoms with Crippen molar-refractivity contribution in [2.24, 2.45) is 5.73 Å². The van der Waals surface area contributed by atoms with Gasteiger partial charge in [0.2, 0.25) is 0 Å². The molecule has 0 aromatic heterocycles. The van der Waals surface area contributed by atoms with Crippen LogP contribution in [0, 0.1) is 5.82 Å². The van der Waals surface area contributed by atoms with Gasteiger partial charge in [-0.3, -0.25) is 0 Å². The van der Waals surface area contributed by atoms with Crippen molar-refractivity contribution in [2.75, 3.05) is 6.61 Å². The fourth-order valence-electron chi connectivity index (χ4n) is 1.78. The van der Waals surface area contributed by atoms with Crippen molar-refractivity contribution in [1.29, 1.82) is 0 Å². The van der Waals surface area contributed by atoms with Crippen LogP contribution < -0.4 is 10.5 Å². The van der Waals surface area contributed by atoms with Crippen LogP contribution in [0.15, 0.2) is 48.5 Å². The second-order valence-electron chi connectivity index (χ2n) is 4.50. The monoisotopic (exact) mass is 335 g/mol. The zero-order chi connectivity index (χ0) is 15.5. The van der Waals surface area contributed by atoms with Crippen LogP contribution in [0.2, 0.25) is 0 Å². The summed E-state index contributed by atoms with van der Waals surface area (Å²) in [7, 11) is 0. The molecular formula is C15H14ClF4NO. The van der Waals surface area contributed by atoms with E-state index in [9.17, 15) is 17.6 Å². The predicted molar refractivity (Wildman–Crippen MR) is 77.5 cm³/mol. The first-order valence-electron chi connectivity index (χ1n) is 6.17. The molecule has 0 aliphatic rings. The van der Waals surface area contributed by atoms with Gasteiger partial charge in [0, 0.05) is 6.07 Å². The first-order valence-corrected chi connectivity index (χ1v) is 6.17. The molecular weight excluding hydrogens is 322 g/mol. The van der Waals surface area contributed by atoms with Crippen molar-refractivity contribution in [3.63, 3.8) is 0 Å². The Kier molecular flexibility index (Phi) is 6.20. The van der Waals surface area contributed by atoms with E-state index < -0.39 is 23.6 Å². The number of hydrogen-bond donors (Lipinski definition) is 1. The van der Waals surface area contributed by atoms with Gasteiger partial charge >= 0.3 is 6.18 Å². The minimum Gasteiger partial charge on any atom is -0.492 e. The molecule has 2 rings (SSSR count). The fraction of sp³-hybridized carbons (Fsp3) is 0.200. The molecule has 0 fully saturated rings. The van der Waals surface area contributed by atoms with Crippen molar-refractivity contribution in [3.05, 3.63) is 65.5 Å². The molecule has 22 heavy (non-hydrogen) atoms. The summed E-state index contributed by atoms with van der Waals surface area (Å²) in [6.45, 7) is -0.0508. The first kappa shape index (κ1) is 18.3. The maximum atomic E-state index is 13.0. The van der Waals surface area contributed by atoms with Crippen molar-refractivity contribution < 1.29 is 22.3 Å². The highest BCUT2D eigenvalue weighted by atomic mass is 35.5. The van der Waals surface area contributed by atoms with Gasteiger partial charge < -0.3 is 10.5 Å². The highest BCUT2D eigenvalue weighted by Crippen LogP contribution is 2.30. The van der Waals surface area contributed by atoms with Crippen LogP contribution in [-0.4, -0.2) is 6.61 Å². The summed E-state index contributed by atoms with van der Waals surface area (Å²) in [5, 5.41) is 0. The molecule has 120 valence electrons. The number of rotatable bonds is 4. The van der Waals surface area contributed by atoms with Crippen molar-refractivity contribution in [1.82, 2.24) is 0 Å². The van der Waals surface area contributed by atoms with Gasteiger partial charge in [0.25, 0.3) is 0 Å². The van der Waals surface area contributed by atoms with Crippen LogP contribution in [0.1, 0.15) is 17.2 Å². The average Bonchev–Trinajstić information content (AvgIpc) is 2.44. The molecule has 0 saturated carbocycles. The first-order chi connectivity index (χ1) is 9.86. The van der Waals surface area contributed by atoms with Gasteiger partial charge in [-0.2, -0.15) is 13.2 Å². The Hall–Kier alpha value is -1.79. The molecule has 0 aliphatic carbocycles. The zero-order valence-corrected chi connectivity index (χ0v) is 12.1. The molecule has 1 unspecified atom stereocenters. The molecule has 0 spiro atoms. The highest BCUT2D eigenvalue weighted by Gasteiger charge is 2.30. The lowest BCUT2D eigenvalue weighted by Crippen LogP contribution is -2.19. The molecule has 0 radical (unpaired) electrons. The smallest absolute Gasteiger partial charge is 0.416 e. The maximum absolute atomic E-state index is 13.0. The summed E-state index contributed by atoms with van der Waals surface area (Å²) in [5.74, 6) is -0.183. The SMILES string of the molecule is Cl.NC(COc1cccc(F)c1)c1cccc(C(F)(F)F)c1. The molecule has 0 amide bonds. The molecule has 2 aromatic carbocycles. The number of hydrogen-bond acceptors (Lipinski definition) is 2. The Bertz CT molecular complexity index is 618. The zero-order valence-electron chi connectivity index (χ0n) is 11.3. The molecule has 2 aromatic rings. The Labute approximate surface area is 131 Å². The van der Waals surface area contributed by atoms with Gasteiger partial charge in [-0.05, 0) is 29.8 Å². The number of halogens is 5. The third-order valence-corrected chi connectivity index (χ3v) is 2.87. The lowest BCUT2D eigenvalue weighted by Gasteiger charge is -2.15. The number of alkyl halides is 3. The molecule has 7 heteroatoms. The lowest BCUT2D eigenvalue weighted by atomic mass is 10.0. The summed E-state index contributed by atoms with van der Waals surface area (Å²) in [5.41, 5.74) is 5.35. The Morgan fingerprint density at radius 1 is 1.05 bits per heavy atom. The Morgan fingerprint density at radius 2 is 1.73 bits per heavy atom. The van der Waals surface area contributed by atoms with Gasteiger partial charge in [-0.15, -0.1) is 12.4 Å². The van der Waals surface area contributed by atoms with Crippen LogP contribution in [0.3, 0.4) is 0 Å². The normalized spacial score (nSPS) is 12.4. The van der Waals surface area contributed by atoms with Crippen LogP contribution >= 0.6 is 12.4 Å². The predicted octanol–water partition coefficient (Wildman–Crippen LogP) is 4.35. The highest BCUT2D eigenvalue weighted by molar-refractivity contribution is 5.85. The second-order valence-corrected chi connectivity index (χ2v) is 4.50. The van der Waals surface area contributed by atoms with Gasteiger partial charge in [0.15, 0.2) is 0 Å². The van der Waals surface area contributed by atoms with E-state index in [2.05, 4.69) is 0 Å². The van der Waals surface area contributed by atoms with Gasteiger partial charge in [-0.1, -0.05) is 18.2 Å². The van der Waals surface area contributed by atoms with E-state index in [1.54, 1.807) is 6.07 Å². The quantitative estimate of drug-likeness (QED) is 0.843. The van der Waals surface area contributed by atoms with E-state index >= 15 is 0 Å².